The first kappa shape index (κ1) is 17.0. The normalized spacial score (nSPS) is 12.0. The van der Waals surface area contributed by atoms with Crippen molar-refractivity contribution in [3.05, 3.63) is 64.1 Å². The second-order valence-electron chi connectivity index (χ2n) is 6.01. The topological polar surface area (TPSA) is 77.0 Å². The predicted octanol–water partition coefficient (Wildman–Crippen LogP) is 3.32. The Morgan fingerprint density at radius 3 is 2.32 bits per heavy atom. The minimum atomic E-state index is -0.397. The summed E-state index contributed by atoms with van der Waals surface area (Å²) in [5, 5.41) is 2.38. The second kappa shape index (κ2) is 8.28. The maximum absolute atomic E-state index is 11.3. The zero-order valence-corrected chi connectivity index (χ0v) is 13.9. The van der Waals surface area contributed by atoms with Crippen LogP contribution in [-0.4, -0.2) is 12.7 Å². The molecule has 6 heteroatoms. The van der Waals surface area contributed by atoms with E-state index in [9.17, 15) is 9.70 Å². The first-order valence-electron chi connectivity index (χ1n) is 8.32. The number of hydrogen-bond acceptors (Lipinski definition) is 5. The van der Waals surface area contributed by atoms with E-state index in [1.165, 1.54) is 11.1 Å². The third-order valence-corrected chi connectivity index (χ3v) is 4.18. The number of ether oxygens (including phenoxy) is 2. The Bertz CT molecular complexity index is 744. The minimum absolute atomic E-state index is 0.163. The van der Waals surface area contributed by atoms with Crippen molar-refractivity contribution in [1.29, 1.82) is 0 Å². The molecule has 0 atom stereocenters. The zero-order chi connectivity index (χ0) is 17.5. The van der Waals surface area contributed by atoms with E-state index in [0.717, 1.165) is 42.7 Å². The number of amides is 1. The molecule has 2 aromatic rings. The van der Waals surface area contributed by atoms with Crippen LogP contribution in [0.25, 0.3) is 0 Å². The van der Waals surface area contributed by atoms with Crippen LogP contribution < -0.4 is 14.9 Å². The summed E-state index contributed by atoms with van der Waals surface area (Å²) >= 11 is 0. The van der Waals surface area contributed by atoms with Gasteiger partial charge in [-0.05, 0) is 54.5 Å². The Morgan fingerprint density at radius 1 is 0.920 bits per heavy atom. The lowest BCUT2D eigenvalue weighted by molar-refractivity contribution is -0.120. The molecular formula is C19H20N2O4. The van der Waals surface area contributed by atoms with Gasteiger partial charge >= 0.3 is 0 Å². The van der Waals surface area contributed by atoms with Gasteiger partial charge < -0.3 is 9.47 Å². The van der Waals surface area contributed by atoms with Crippen molar-refractivity contribution >= 4 is 5.91 Å². The molecule has 2 aromatic carbocycles. The first-order valence-corrected chi connectivity index (χ1v) is 8.32. The molecule has 0 radical (unpaired) electrons. The van der Waals surface area contributed by atoms with Crippen molar-refractivity contribution < 1.29 is 14.3 Å². The largest absolute Gasteiger partial charge is 0.454 e. The molecule has 0 saturated carbocycles. The van der Waals surface area contributed by atoms with E-state index in [4.69, 9.17) is 9.47 Å². The number of carbonyl (C=O) groups excluding carboxylic acids is 1. The molecule has 0 unspecified atom stereocenters. The van der Waals surface area contributed by atoms with E-state index in [2.05, 4.69) is 17.4 Å². The average Bonchev–Trinajstić information content (AvgIpc) is 3.08. The third-order valence-electron chi connectivity index (χ3n) is 4.18. The van der Waals surface area contributed by atoms with Crippen LogP contribution in [0.3, 0.4) is 0 Å². The standard InChI is InChI=1S/C19H20N2O4/c22-19(20-21-23)12-16-7-5-14(6-8-16)3-1-2-4-15-9-10-17-18(11-15)25-13-24-17/h5-11H,1-4,12-13H2,(H,20,22,23). The van der Waals surface area contributed by atoms with Gasteiger partial charge in [-0.2, -0.15) is 0 Å². The molecule has 0 aromatic heterocycles. The number of nitrogens with one attached hydrogen (secondary N) is 1. The molecule has 1 heterocycles. The summed E-state index contributed by atoms with van der Waals surface area (Å²) in [5.41, 5.74) is 5.26. The molecule has 6 nitrogen and oxygen atoms in total. The molecule has 1 amide bonds. The minimum Gasteiger partial charge on any atom is -0.454 e. The highest BCUT2D eigenvalue weighted by Crippen LogP contribution is 2.32. The molecule has 0 saturated heterocycles. The lowest BCUT2D eigenvalue weighted by Gasteiger charge is -2.05. The highest BCUT2D eigenvalue weighted by molar-refractivity contribution is 5.78. The Hall–Kier alpha value is -2.89. The van der Waals surface area contributed by atoms with Crippen molar-refractivity contribution in [3.63, 3.8) is 0 Å². The quantitative estimate of drug-likeness (QED) is 0.454. The fraction of sp³-hybridized carbons (Fsp3) is 0.316. The van der Waals surface area contributed by atoms with Crippen molar-refractivity contribution in [3.8, 4) is 11.5 Å². The molecule has 25 heavy (non-hydrogen) atoms. The molecule has 0 fully saturated rings. The van der Waals surface area contributed by atoms with E-state index in [-0.39, 0.29) is 6.42 Å². The second-order valence-corrected chi connectivity index (χ2v) is 6.01. The number of hydrogen-bond donors (Lipinski definition) is 1. The molecule has 1 aliphatic heterocycles. The maximum atomic E-state index is 11.3. The van der Waals surface area contributed by atoms with E-state index in [1.54, 1.807) is 0 Å². The Morgan fingerprint density at radius 2 is 1.56 bits per heavy atom. The molecule has 0 spiro atoms. The van der Waals surface area contributed by atoms with Gasteiger partial charge in [-0.1, -0.05) is 30.3 Å². The fourth-order valence-electron chi connectivity index (χ4n) is 2.85. The smallest absolute Gasteiger partial charge is 0.247 e. The molecule has 0 aliphatic carbocycles. The Kier molecular flexibility index (Phi) is 5.61. The molecule has 1 N–H and O–H groups in total. The van der Waals surface area contributed by atoms with Crippen LogP contribution in [0.1, 0.15) is 29.5 Å². The number of unbranched alkanes of at least 4 members (excludes halogenated alkanes) is 1. The van der Waals surface area contributed by atoms with Crippen LogP contribution in [0.5, 0.6) is 11.5 Å². The van der Waals surface area contributed by atoms with Gasteiger partial charge in [0.25, 0.3) is 0 Å². The van der Waals surface area contributed by atoms with Gasteiger partial charge in [-0.15, -0.1) is 4.91 Å². The lowest BCUT2D eigenvalue weighted by atomic mass is 10.0. The Labute approximate surface area is 146 Å². The molecule has 3 rings (SSSR count). The van der Waals surface area contributed by atoms with E-state index < -0.39 is 5.91 Å². The fourth-order valence-corrected chi connectivity index (χ4v) is 2.85. The summed E-state index contributed by atoms with van der Waals surface area (Å²) in [4.78, 5) is 21.3. The van der Waals surface area contributed by atoms with Crippen molar-refractivity contribution in [2.75, 3.05) is 6.79 Å². The van der Waals surface area contributed by atoms with Gasteiger partial charge in [0.15, 0.2) is 11.5 Å². The summed E-state index contributed by atoms with van der Waals surface area (Å²) in [6.07, 6.45) is 4.34. The summed E-state index contributed by atoms with van der Waals surface area (Å²) in [5.74, 6) is 1.26. The van der Waals surface area contributed by atoms with Crippen LogP contribution in [0.4, 0.5) is 0 Å². The number of nitrogens with zero attached hydrogens (tertiary/aromatic N) is 1. The number of rotatable bonds is 8. The van der Waals surface area contributed by atoms with Crippen molar-refractivity contribution in [2.24, 2.45) is 5.29 Å². The van der Waals surface area contributed by atoms with E-state index >= 15 is 0 Å². The van der Waals surface area contributed by atoms with Crippen molar-refractivity contribution in [2.45, 2.75) is 32.1 Å². The monoisotopic (exact) mass is 340 g/mol. The number of aryl methyl sites for hydroxylation is 2. The van der Waals surface area contributed by atoms with Gasteiger partial charge in [0.05, 0.1) is 11.7 Å². The Balaban J connectivity index is 1.41. The van der Waals surface area contributed by atoms with E-state index in [1.807, 2.05) is 35.8 Å². The van der Waals surface area contributed by atoms with Crippen LogP contribution >= 0.6 is 0 Å². The summed E-state index contributed by atoms with van der Waals surface area (Å²) < 4.78 is 10.7. The van der Waals surface area contributed by atoms with Gasteiger partial charge in [0.2, 0.25) is 12.7 Å². The number of nitroso groups, excluding NO2 is 1. The highest BCUT2D eigenvalue weighted by atomic mass is 16.7. The summed E-state index contributed by atoms with van der Waals surface area (Å²) in [6.45, 7) is 0.308. The summed E-state index contributed by atoms with van der Waals surface area (Å²) in [7, 11) is 0. The first-order chi connectivity index (χ1) is 12.2. The van der Waals surface area contributed by atoms with E-state index in [0.29, 0.717) is 6.79 Å². The van der Waals surface area contributed by atoms with Gasteiger partial charge in [-0.3, -0.25) is 4.79 Å². The molecule has 0 bridgehead atoms. The van der Waals surface area contributed by atoms with Crippen LogP contribution in [-0.2, 0) is 24.1 Å². The van der Waals surface area contributed by atoms with Crippen LogP contribution in [0.2, 0.25) is 0 Å². The zero-order valence-electron chi connectivity index (χ0n) is 13.9. The van der Waals surface area contributed by atoms with Crippen LogP contribution in [0.15, 0.2) is 47.8 Å². The summed E-state index contributed by atoms with van der Waals surface area (Å²) in [6, 6.07) is 14.0. The predicted molar refractivity (Wildman–Crippen MR) is 93.3 cm³/mol. The third kappa shape index (κ3) is 4.79. The molecule has 1 aliphatic rings. The van der Waals surface area contributed by atoms with Gasteiger partial charge in [-0.25, -0.2) is 5.43 Å². The van der Waals surface area contributed by atoms with Crippen molar-refractivity contribution in [1.82, 2.24) is 5.43 Å². The van der Waals surface area contributed by atoms with Gasteiger partial charge in [0, 0.05) is 0 Å². The number of carbonyl (C=O) groups is 1. The lowest BCUT2D eigenvalue weighted by Crippen LogP contribution is -2.18. The molecular weight excluding hydrogens is 320 g/mol. The maximum Gasteiger partial charge on any atom is 0.247 e. The highest BCUT2D eigenvalue weighted by Gasteiger charge is 2.12. The SMILES string of the molecule is O=NNC(=O)Cc1ccc(CCCCc2ccc3c(c2)OCO3)cc1. The van der Waals surface area contributed by atoms with Crippen LogP contribution in [0, 0.1) is 4.91 Å². The van der Waals surface area contributed by atoms with Gasteiger partial charge in [0.1, 0.15) is 0 Å². The average molecular weight is 340 g/mol. The number of benzene rings is 2. The number of fused-ring (bicyclic) bond motifs is 1. The molecule has 130 valence electrons.